The Bertz CT molecular complexity index is 1320. The van der Waals surface area contributed by atoms with Crippen molar-refractivity contribution in [2.24, 2.45) is 0 Å². The van der Waals surface area contributed by atoms with Crippen LogP contribution in [0, 0.1) is 0 Å². The van der Waals surface area contributed by atoms with E-state index >= 15 is 0 Å². The maximum atomic E-state index is 13.6. The van der Waals surface area contributed by atoms with Crippen molar-refractivity contribution in [1.29, 1.82) is 0 Å². The second kappa shape index (κ2) is 13.1. The Morgan fingerprint density at radius 1 is 0.892 bits per heavy atom. The van der Waals surface area contributed by atoms with Crippen LogP contribution in [0.3, 0.4) is 0 Å². The molecule has 0 spiro atoms. The van der Waals surface area contributed by atoms with Gasteiger partial charge in [-0.2, -0.15) is 4.31 Å². The first-order valence-electron chi connectivity index (χ1n) is 11.5. The number of carbonyl (C=O) groups is 2. The Morgan fingerprint density at radius 2 is 1.51 bits per heavy atom. The van der Waals surface area contributed by atoms with Crippen LogP contribution in [0.4, 0.5) is 0 Å². The number of hydrogen-bond acceptors (Lipinski definition) is 4. The van der Waals surface area contributed by atoms with Gasteiger partial charge in [-0.15, -0.1) is 0 Å². The van der Waals surface area contributed by atoms with Crippen molar-refractivity contribution in [2.45, 2.75) is 25.6 Å². The van der Waals surface area contributed by atoms with Crippen LogP contribution in [-0.4, -0.2) is 55.3 Å². The van der Waals surface area contributed by atoms with E-state index in [2.05, 4.69) is 5.32 Å². The summed E-state index contributed by atoms with van der Waals surface area (Å²) in [5, 5.41) is 3.96. The van der Waals surface area contributed by atoms with E-state index in [1.807, 2.05) is 42.5 Å². The number of halogens is 2. The summed E-state index contributed by atoms with van der Waals surface area (Å²) in [7, 11) is -2.28. The molecule has 0 fully saturated rings. The van der Waals surface area contributed by atoms with Crippen LogP contribution in [0.25, 0.3) is 0 Å². The minimum absolute atomic E-state index is 0.0879. The molecule has 37 heavy (non-hydrogen) atoms. The van der Waals surface area contributed by atoms with Crippen LogP contribution in [0.15, 0.2) is 78.9 Å². The summed E-state index contributed by atoms with van der Waals surface area (Å²) in [5.74, 6) is -0.884. The SMILES string of the molecule is CN(CC(=O)N(Cc1ccc(Cl)cc1)C(Cc1ccccc1)C(=O)NCc1ccccc1Cl)S(C)(=O)=O. The predicted octanol–water partition coefficient (Wildman–Crippen LogP) is 4.14. The minimum atomic E-state index is -3.61. The highest BCUT2D eigenvalue weighted by Crippen LogP contribution is 2.19. The van der Waals surface area contributed by atoms with Gasteiger partial charge >= 0.3 is 0 Å². The fraction of sp³-hybridized carbons (Fsp3) is 0.259. The highest BCUT2D eigenvalue weighted by atomic mass is 35.5. The van der Waals surface area contributed by atoms with Crippen LogP contribution in [0.2, 0.25) is 10.0 Å². The van der Waals surface area contributed by atoms with Crippen molar-refractivity contribution in [2.75, 3.05) is 19.8 Å². The first kappa shape index (κ1) is 28.7. The second-order valence-corrected chi connectivity index (χ2v) is 11.6. The van der Waals surface area contributed by atoms with Gasteiger partial charge in [0, 0.05) is 36.6 Å². The lowest BCUT2D eigenvalue weighted by molar-refractivity contribution is -0.141. The molecule has 1 unspecified atom stereocenters. The van der Waals surface area contributed by atoms with Gasteiger partial charge in [0.25, 0.3) is 0 Å². The van der Waals surface area contributed by atoms with Crippen LogP contribution in [0.1, 0.15) is 16.7 Å². The highest BCUT2D eigenvalue weighted by Gasteiger charge is 2.32. The topological polar surface area (TPSA) is 86.8 Å². The number of sulfonamides is 1. The van der Waals surface area contributed by atoms with Gasteiger partial charge in [-0.05, 0) is 34.9 Å². The smallest absolute Gasteiger partial charge is 0.243 e. The third kappa shape index (κ3) is 8.57. The van der Waals surface area contributed by atoms with E-state index in [1.165, 1.54) is 11.9 Å². The van der Waals surface area contributed by atoms with Crippen molar-refractivity contribution < 1.29 is 18.0 Å². The number of amides is 2. The van der Waals surface area contributed by atoms with Gasteiger partial charge in [0.1, 0.15) is 6.04 Å². The monoisotopic (exact) mass is 561 g/mol. The average molecular weight is 563 g/mol. The summed E-state index contributed by atoms with van der Waals surface area (Å²) in [6.07, 6.45) is 1.26. The Kier molecular flexibility index (Phi) is 10.1. The highest BCUT2D eigenvalue weighted by molar-refractivity contribution is 7.88. The van der Waals surface area contributed by atoms with Crippen molar-refractivity contribution in [3.05, 3.63) is 106 Å². The molecule has 0 heterocycles. The first-order chi connectivity index (χ1) is 17.5. The quantitative estimate of drug-likeness (QED) is 0.381. The number of carbonyl (C=O) groups excluding carboxylic acids is 2. The Labute approximate surface area is 228 Å². The molecular formula is C27H29Cl2N3O4S. The molecule has 0 aliphatic heterocycles. The second-order valence-electron chi connectivity index (χ2n) is 8.68. The molecule has 0 saturated carbocycles. The van der Waals surface area contributed by atoms with Gasteiger partial charge in [-0.3, -0.25) is 9.59 Å². The van der Waals surface area contributed by atoms with Crippen LogP contribution >= 0.6 is 23.2 Å². The summed E-state index contributed by atoms with van der Waals surface area (Å²) in [6.45, 7) is -0.143. The molecule has 7 nitrogen and oxygen atoms in total. The van der Waals surface area contributed by atoms with Gasteiger partial charge in [0.15, 0.2) is 0 Å². The molecule has 0 aliphatic rings. The summed E-state index contributed by atoms with van der Waals surface area (Å²) >= 11 is 12.3. The van der Waals surface area contributed by atoms with Crippen LogP contribution in [0.5, 0.6) is 0 Å². The zero-order valence-electron chi connectivity index (χ0n) is 20.6. The molecule has 1 N–H and O–H groups in total. The molecule has 0 aromatic heterocycles. The first-order valence-corrected chi connectivity index (χ1v) is 14.2. The molecule has 0 bridgehead atoms. The number of benzene rings is 3. The fourth-order valence-corrected chi connectivity index (χ4v) is 4.35. The third-order valence-electron chi connectivity index (χ3n) is 5.87. The van der Waals surface area contributed by atoms with Gasteiger partial charge < -0.3 is 10.2 Å². The molecule has 2 amide bonds. The van der Waals surface area contributed by atoms with Crippen molar-refractivity contribution >= 4 is 45.0 Å². The van der Waals surface area contributed by atoms with Gasteiger partial charge in [0.2, 0.25) is 21.8 Å². The molecule has 0 saturated heterocycles. The van der Waals surface area contributed by atoms with E-state index in [-0.39, 0.29) is 25.4 Å². The van der Waals surface area contributed by atoms with E-state index in [9.17, 15) is 18.0 Å². The lowest BCUT2D eigenvalue weighted by Crippen LogP contribution is -2.52. The van der Waals surface area contributed by atoms with Crippen molar-refractivity contribution in [3.8, 4) is 0 Å². The van der Waals surface area contributed by atoms with Crippen molar-refractivity contribution in [1.82, 2.24) is 14.5 Å². The maximum absolute atomic E-state index is 13.6. The standard InChI is InChI=1S/C27H29Cl2N3O4S/c1-31(37(2,35)36)19-26(33)32(18-21-12-14-23(28)15-13-21)25(16-20-8-4-3-5-9-20)27(34)30-17-22-10-6-7-11-24(22)29/h3-15,25H,16-19H2,1-2H3,(H,30,34). The van der Waals surface area contributed by atoms with E-state index in [1.54, 1.807) is 36.4 Å². The number of rotatable bonds is 11. The summed E-state index contributed by atoms with van der Waals surface area (Å²) in [4.78, 5) is 28.5. The van der Waals surface area contributed by atoms with Gasteiger partial charge in [-0.1, -0.05) is 83.9 Å². The molecule has 3 aromatic carbocycles. The van der Waals surface area contributed by atoms with Gasteiger partial charge in [0.05, 0.1) is 12.8 Å². The molecule has 196 valence electrons. The zero-order chi connectivity index (χ0) is 27.0. The molecule has 0 radical (unpaired) electrons. The largest absolute Gasteiger partial charge is 0.350 e. The van der Waals surface area contributed by atoms with Crippen LogP contribution < -0.4 is 5.32 Å². The predicted molar refractivity (Wildman–Crippen MR) is 147 cm³/mol. The van der Waals surface area contributed by atoms with E-state index in [4.69, 9.17) is 23.2 Å². The number of nitrogens with zero attached hydrogens (tertiary/aromatic N) is 2. The number of nitrogens with one attached hydrogen (secondary N) is 1. The molecule has 10 heteroatoms. The van der Waals surface area contributed by atoms with Crippen LogP contribution in [-0.2, 0) is 39.1 Å². The Morgan fingerprint density at radius 3 is 2.14 bits per heavy atom. The van der Waals surface area contributed by atoms with E-state index < -0.39 is 28.5 Å². The average Bonchev–Trinajstić information content (AvgIpc) is 2.86. The molecule has 0 aliphatic carbocycles. The lowest BCUT2D eigenvalue weighted by Gasteiger charge is -2.32. The van der Waals surface area contributed by atoms with E-state index in [0.717, 1.165) is 27.3 Å². The summed E-state index contributed by atoms with van der Waals surface area (Å²) in [5.41, 5.74) is 2.34. The molecular weight excluding hydrogens is 533 g/mol. The molecule has 3 rings (SSSR count). The number of likely N-dealkylation sites (N-methyl/N-ethyl adjacent to an activating group) is 1. The molecule has 1 atom stereocenters. The van der Waals surface area contributed by atoms with E-state index in [0.29, 0.717) is 10.0 Å². The maximum Gasteiger partial charge on any atom is 0.243 e. The zero-order valence-corrected chi connectivity index (χ0v) is 22.9. The number of hydrogen-bond donors (Lipinski definition) is 1. The fourth-order valence-electron chi connectivity index (χ4n) is 3.68. The van der Waals surface area contributed by atoms with Gasteiger partial charge in [-0.25, -0.2) is 8.42 Å². The normalized spacial score (nSPS) is 12.2. The lowest BCUT2D eigenvalue weighted by atomic mass is 10.0. The third-order valence-corrected chi connectivity index (χ3v) is 7.75. The Balaban J connectivity index is 1.95. The summed E-state index contributed by atoms with van der Waals surface area (Å²) < 4.78 is 25.0. The molecule has 3 aromatic rings. The van der Waals surface area contributed by atoms with Crippen molar-refractivity contribution in [3.63, 3.8) is 0 Å². The summed E-state index contributed by atoms with van der Waals surface area (Å²) in [6, 6.07) is 22.5. The minimum Gasteiger partial charge on any atom is -0.350 e. The Hall–Kier alpha value is -2.91.